The molecule has 0 saturated heterocycles. The van der Waals surface area contributed by atoms with Gasteiger partial charge in [0, 0.05) is 4.91 Å². The second-order valence-electron chi connectivity index (χ2n) is 5.45. The van der Waals surface area contributed by atoms with Crippen LogP contribution >= 0.6 is 23.1 Å². The first-order valence-corrected chi connectivity index (χ1v) is 9.69. The summed E-state index contributed by atoms with van der Waals surface area (Å²) in [6.45, 7) is 0. The molecule has 2 aromatic carbocycles. The van der Waals surface area contributed by atoms with Gasteiger partial charge in [-0.15, -0.1) is 23.1 Å². The van der Waals surface area contributed by atoms with Crippen molar-refractivity contribution in [2.24, 2.45) is 0 Å². The molecule has 0 radical (unpaired) electrons. The average Bonchev–Trinajstić information content (AvgIpc) is 3.09. The third-order valence-corrected chi connectivity index (χ3v) is 5.87. The van der Waals surface area contributed by atoms with E-state index in [0.29, 0.717) is 10.5 Å². The Morgan fingerprint density at radius 2 is 1.89 bits per heavy atom. The standard InChI is InChI=1S/C19H17NO5S2/c1-24-13-7-11(8-14(25-2)18(13)23)9-16(26-10-17(21)22)19-20-12-5-3-4-6-15(12)27-19/h3-9,23H,10H2,1-2H3,(H,21,22)/b16-9-. The number of phenolic OH excluding ortho intramolecular Hbond substituents is 1. The lowest BCUT2D eigenvalue weighted by molar-refractivity contribution is -0.133. The molecule has 0 fully saturated rings. The van der Waals surface area contributed by atoms with E-state index < -0.39 is 5.97 Å². The highest BCUT2D eigenvalue weighted by molar-refractivity contribution is 8.09. The summed E-state index contributed by atoms with van der Waals surface area (Å²) in [4.78, 5) is 16.4. The van der Waals surface area contributed by atoms with Gasteiger partial charge in [0.05, 0.1) is 30.2 Å². The molecule has 3 rings (SSSR count). The summed E-state index contributed by atoms with van der Waals surface area (Å²) >= 11 is 2.68. The number of thioether (sulfide) groups is 1. The van der Waals surface area contributed by atoms with Crippen molar-refractivity contribution in [2.45, 2.75) is 0 Å². The summed E-state index contributed by atoms with van der Waals surface area (Å²) < 4.78 is 11.4. The number of methoxy groups -OCH3 is 2. The largest absolute Gasteiger partial charge is 0.502 e. The predicted octanol–water partition coefficient (Wildman–Crippen LogP) is 4.34. The zero-order chi connectivity index (χ0) is 19.4. The maximum atomic E-state index is 11.1. The number of carboxylic acids is 1. The van der Waals surface area contributed by atoms with Crippen molar-refractivity contribution in [3.05, 3.63) is 47.0 Å². The van der Waals surface area contributed by atoms with Gasteiger partial charge in [0.25, 0.3) is 0 Å². The van der Waals surface area contributed by atoms with Gasteiger partial charge in [-0.3, -0.25) is 4.79 Å². The molecular weight excluding hydrogens is 386 g/mol. The highest BCUT2D eigenvalue weighted by Crippen LogP contribution is 2.40. The van der Waals surface area contributed by atoms with Gasteiger partial charge in [-0.05, 0) is 35.9 Å². The summed E-state index contributed by atoms with van der Waals surface area (Å²) in [5, 5.41) is 19.9. The Balaban J connectivity index is 2.08. The van der Waals surface area contributed by atoms with Crippen LogP contribution in [0.25, 0.3) is 21.2 Å². The summed E-state index contributed by atoms with van der Waals surface area (Å²) in [7, 11) is 2.91. The number of thiazole rings is 1. The number of para-hydroxylation sites is 1. The van der Waals surface area contributed by atoms with Crippen molar-refractivity contribution >= 4 is 50.3 Å². The van der Waals surface area contributed by atoms with E-state index in [1.54, 1.807) is 12.1 Å². The van der Waals surface area contributed by atoms with Gasteiger partial charge < -0.3 is 19.7 Å². The Labute approximate surface area is 164 Å². The van der Waals surface area contributed by atoms with Crippen LogP contribution in [0.2, 0.25) is 0 Å². The molecule has 0 unspecified atom stereocenters. The highest BCUT2D eigenvalue weighted by atomic mass is 32.2. The molecule has 0 aliphatic rings. The van der Waals surface area contributed by atoms with Gasteiger partial charge in [0.1, 0.15) is 5.01 Å². The molecule has 0 saturated carbocycles. The average molecular weight is 403 g/mol. The minimum atomic E-state index is -0.909. The summed E-state index contributed by atoms with van der Waals surface area (Å²) in [5.74, 6) is -0.543. The van der Waals surface area contributed by atoms with Gasteiger partial charge >= 0.3 is 5.97 Å². The van der Waals surface area contributed by atoms with E-state index in [4.69, 9.17) is 14.6 Å². The van der Waals surface area contributed by atoms with Crippen LogP contribution in [-0.4, -0.2) is 41.1 Å². The number of aromatic hydroxyl groups is 1. The maximum absolute atomic E-state index is 11.1. The molecule has 1 aromatic heterocycles. The summed E-state index contributed by atoms with van der Waals surface area (Å²) in [6.07, 6.45) is 1.82. The fraction of sp³-hybridized carbons (Fsp3) is 0.158. The number of hydrogen-bond acceptors (Lipinski definition) is 7. The molecule has 0 aliphatic carbocycles. The van der Waals surface area contributed by atoms with Crippen LogP contribution in [0.5, 0.6) is 17.2 Å². The minimum Gasteiger partial charge on any atom is -0.502 e. The van der Waals surface area contributed by atoms with Crippen LogP contribution in [0.4, 0.5) is 0 Å². The normalized spacial score (nSPS) is 11.6. The topological polar surface area (TPSA) is 88.9 Å². The van der Waals surface area contributed by atoms with E-state index in [0.717, 1.165) is 15.2 Å². The zero-order valence-electron chi connectivity index (χ0n) is 14.6. The Hall–Kier alpha value is -2.71. The smallest absolute Gasteiger partial charge is 0.313 e. The van der Waals surface area contributed by atoms with E-state index in [1.165, 1.54) is 37.3 Å². The molecule has 27 heavy (non-hydrogen) atoms. The molecule has 0 spiro atoms. The number of carbonyl (C=O) groups is 1. The summed E-state index contributed by atoms with van der Waals surface area (Å²) in [5.41, 5.74) is 1.56. The van der Waals surface area contributed by atoms with Gasteiger partial charge in [-0.2, -0.15) is 0 Å². The zero-order valence-corrected chi connectivity index (χ0v) is 16.3. The van der Waals surface area contributed by atoms with Crippen molar-refractivity contribution in [3.63, 3.8) is 0 Å². The van der Waals surface area contributed by atoms with Crippen LogP contribution < -0.4 is 9.47 Å². The van der Waals surface area contributed by atoms with E-state index in [9.17, 15) is 9.90 Å². The van der Waals surface area contributed by atoms with Crippen molar-refractivity contribution < 1.29 is 24.5 Å². The second-order valence-corrected chi connectivity index (χ2v) is 7.50. The lowest BCUT2D eigenvalue weighted by Crippen LogP contribution is -1.98. The Kier molecular flexibility index (Phi) is 5.88. The van der Waals surface area contributed by atoms with Gasteiger partial charge in [0.2, 0.25) is 5.75 Å². The van der Waals surface area contributed by atoms with Crippen molar-refractivity contribution in [2.75, 3.05) is 20.0 Å². The molecular formula is C19H17NO5S2. The molecule has 0 amide bonds. The number of fused-ring (bicyclic) bond motifs is 1. The molecule has 0 bridgehead atoms. The van der Waals surface area contributed by atoms with E-state index >= 15 is 0 Å². The number of aromatic nitrogens is 1. The molecule has 3 aromatic rings. The van der Waals surface area contributed by atoms with Crippen LogP contribution in [0.15, 0.2) is 36.4 Å². The number of nitrogens with zero attached hydrogens (tertiary/aromatic N) is 1. The molecule has 0 atom stereocenters. The highest BCUT2D eigenvalue weighted by Gasteiger charge is 2.14. The minimum absolute atomic E-state index is 0.0862. The Morgan fingerprint density at radius 3 is 2.48 bits per heavy atom. The molecule has 6 nitrogen and oxygen atoms in total. The van der Waals surface area contributed by atoms with Gasteiger partial charge in [-0.25, -0.2) is 4.98 Å². The van der Waals surface area contributed by atoms with Crippen LogP contribution in [0.3, 0.4) is 0 Å². The van der Waals surface area contributed by atoms with E-state index in [2.05, 4.69) is 4.98 Å². The number of rotatable bonds is 7. The fourth-order valence-corrected chi connectivity index (χ4v) is 4.28. The van der Waals surface area contributed by atoms with Crippen LogP contribution in [-0.2, 0) is 4.79 Å². The van der Waals surface area contributed by atoms with E-state index in [1.807, 2.05) is 30.3 Å². The van der Waals surface area contributed by atoms with Crippen LogP contribution in [0, 0.1) is 0 Å². The fourth-order valence-electron chi connectivity index (χ4n) is 2.43. The first-order valence-electron chi connectivity index (χ1n) is 7.89. The number of hydrogen-bond donors (Lipinski definition) is 2. The SMILES string of the molecule is COc1cc(/C=C(\SCC(=O)O)c2nc3ccccc3s2)cc(OC)c1O. The van der Waals surface area contributed by atoms with Crippen molar-refractivity contribution in [3.8, 4) is 17.2 Å². The molecule has 2 N–H and O–H groups in total. The monoisotopic (exact) mass is 403 g/mol. The lowest BCUT2D eigenvalue weighted by Gasteiger charge is -2.10. The predicted molar refractivity (Wildman–Crippen MR) is 109 cm³/mol. The van der Waals surface area contributed by atoms with E-state index in [-0.39, 0.29) is 23.0 Å². The van der Waals surface area contributed by atoms with Gasteiger partial charge in [-0.1, -0.05) is 12.1 Å². The number of phenols is 1. The third kappa shape index (κ3) is 4.35. The number of ether oxygens (including phenoxy) is 2. The van der Waals surface area contributed by atoms with Crippen LogP contribution in [0.1, 0.15) is 10.6 Å². The second kappa shape index (κ2) is 8.32. The van der Waals surface area contributed by atoms with Gasteiger partial charge in [0.15, 0.2) is 11.5 Å². The summed E-state index contributed by atoms with van der Waals surface area (Å²) in [6, 6.07) is 11.1. The lowest BCUT2D eigenvalue weighted by atomic mass is 10.1. The first-order chi connectivity index (χ1) is 13.0. The molecule has 1 heterocycles. The number of carboxylic acid groups (broad SMARTS) is 1. The first kappa shape index (κ1) is 19.1. The number of benzene rings is 2. The quantitative estimate of drug-likeness (QED) is 0.607. The molecule has 0 aliphatic heterocycles. The molecule has 8 heteroatoms. The Bertz CT molecular complexity index is 954. The number of aliphatic carboxylic acids is 1. The maximum Gasteiger partial charge on any atom is 0.313 e. The van der Waals surface area contributed by atoms with Crippen molar-refractivity contribution in [1.82, 2.24) is 4.98 Å². The van der Waals surface area contributed by atoms with Crippen molar-refractivity contribution in [1.29, 1.82) is 0 Å². The third-order valence-electron chi connectivity index (χ3n) is 3.66. The molecule has 140 valence electrons. The Morgan fingerprint density at radius 1 is 1.22 bits per heavy atom.